The zero-order valence-electron chi connectivity index (χ0n) is 6.50. The van der Waals surface area contributed by atoms with Gasteiger partial charge in [0.25, 0.3) is 0 Å². The van der Waals surface area contributed by atoms with E-state index in [0.29, 0.717) is 12.3 Å². The topological polar surface area (TPSA) is 63.3 Å². The van der Waals surface area contributed by atoms with Gasteiger partial charge in [0.2, 0.25) is 0 Å². The smallest absolute Gasteiger partial charge is 0.320 e. The van der Waals surface area contributed by atoms with Crippen LogP contribution in [0.3, 0.4) is 0 Å². The van der Waals surface area contributed by atoms with Crippen molar-refractivity contribution in [3.63, 3.8) is 0 Å². The summed E-state index contributed by atoms with van der Waals surface area (Å²) in [4.78, 5) is 10.1. The van der Waals surface area contributed by atoms with Crippen LogP contribution in [0.25, 0.3) is 0 Å². The minimum Gasteiger partial charge on any atom is -0.480 e. The third kappa shape index (κ3) is 6.18. The summed E-state index contributed by atoms with van der Waals surface area (Å²) in [6, 6.07) is -0.690. The minimum atomic E-state index is -0.913. The molecule has 0 aliphatic heterocycles. The van der Waals surface area contributed by atoms with E-state index in [1.165, 1.54) is 0 Å². The molecule has 0 radical (unpaired) electrons. The number of aliphatic carboxylic acids is 1. The SMILES string of the molecule is CC(C)C[C@@H](N)C(=O)O.[Zn]. The first kappa shape index (κ1) is 12.7. The first-order chi connectivity index (χ1) is 4.04. The first-order valence-electron chi connectivity index (χ1n) is 3.02. The summed E-state index contributed by atoms with van der Waals surface area (Å²) in [7, 11) is 0. The molecule has 0 aromatic rings. The third-order valence-corrected chi connectivity index (χ3v) is 1.04. The fraction of sp³-hybridized carbons (Fsp3) is 0.833. The second-order valence-corrected chi connectivity index (χ2v) is 2.57. The van der Waals surface area contributed by atoms with Crippen molar-refractivity contribution in [2.24, 2.45) is 11.7 Å². The van der Waals surface area contributed by atoms with Gasteiger partial charge in [0, 0.05) is 19.5 Å². The van der Waals surface area contributed by atoms with Crippen molar-refractivity contribution in [1.29, 1.82) is 0 Å². The number of nitrogens with two attached hydrogens (primary N) is 1. The molecule has 0 saturated heterocycles. The summed E-state index contributed by atoms with van der Waals surface area (Å²) < 4.78 is 0. The molecular weight excluding hydrogens is 183 g/mol. The molecule has 0 rings (SSSR count). The van der Waals surface area contributed by atoms with E-state index in [1.54, 1.807) is 0 Å². The average Bonchev–Trinajstić information content (AvgIpc) is 1.63. The number of carboxylic acid groups (broad SMARTS) is 1. The largest absolute Gasteiger partial charge is 0.480 e. The van der Waals surface area contributed by atoms with Gasteiger partial charge < -0.3 is 10.8 Å². The fourth-order valence-corrected chi connectivity index (χ4v) is 0.609. The Morgan fingerprint density at radius 1 is 1.60 bits per heavy atom. The molecule has 56 valence electrons. The summed E-state index contributed by atoms with van der Waals surface area (Å²) in [5.41, 5.74) is 5.22. The van der Waals surface area contributed by atoms with Crippen LogP contribution in [0.4, 0.5) is 0 Å². The van der Waals surface area contributed by atoms with Gasteiger partial charge in [0.05, 0.1) is 0 Å². The Labute approximate surface area is 73.7 Å². The molecule has 4 heteroatoms. The Kier molecular flexibility index (Phi) is 7.38. The van der Waals surface area contributed by atoms with Gasteiger partial charge in [-0.3, -0.25) is 4.79 Å². The van der Waals surface area contributed by atoms with Crippen LogP contribution in [0, 0.1) is 5.92 Å². The zero-order chi connectivity index (χ0) is 7.44. The van der Waals surface area contributed by atoms with Gasteiger partial charge in [-0.25, -0.2) is 0 Å². The van der Waals surface area contributed by atoms with Crippen molar-refractivity contribution >= 4 is 5.97 Å². The first-order valence-corrected chi connectivity index (χ1v) is 3.02. The van der Waals surface area contributed by atoms with Crippen LogP contribution in [0.1, 0.15) is 20.3 Å². The molecular formula is C6H13NO2Zn. The average molecular weight is 197 g/mol. The van der Waals surface area contributed by atoms with E-state index < -0.39 is 12.0 Å². The van der Waals surface area contributed by atoms with Gasteiger partial charge in [-0.1, -0.05) is 13.8 Å². The van der Waals surface area contributed by atoms with Crippen LogP contribution in [0.5, 0.6) is 0 Å². The zero-order valence-corrected chi connectivity index (χ0v) is 9.47. The van der Waals surface area contributed by atoms with Crippen molar-refractivity contribution in [2.75, 3.05) is 0 Å². The predicted molar refractivity (Wildman–Crippen MR) is 35.1 cm³/mol. The molecule has 0 unspecified atom stereocenters. The molecule has 3 N–H and O–H groups in total. The fourth-order valence-electron chi connectivity index (χ4n) is 0.609. The Balaban J connectivity index is 0. The van der Waals surface area contributed by atoms with Crippen molar-refractivity contribution in [3.05, 3.63) is 0 Å². The Bertz CT molecular complexity index is 106. The maximum absolute atomic E-state index is 10.1. The molecule has 0 aliphatic carbocycles. The van der Waals surface area contributed by atoms with E-state index in [-0.39, 0.29) is 19.5 Å². The minimum absolute atomic E-state index is 0. The van der Waals surface area contributed by atoms with Crippen molar-refractivity contribution < 1.29 is 29.4 Å². The molecule has 0 spiro atoms. The van der Waals surface area contributed by atoms with Crippen LogP contribution in [-0.4, -0.2) is 17.1 Å². The number of hydrogen-bond donors (Lipinski definition) is 2. The molecule has 1 atom stereocenters. The summed E-state index contributed by atoms with van der Waals surface area (Å²) in [6.07, 6.45) is 0.551. The summed E-state index contributed by atoms with van der Waals surface area (Å²) >= 11 is 0. The van der Waals surface area contributed by atoms with Crippen molar-refractivity contribution in [3.8, 4) is 0 Å². The number of carboxylic acids is 1. The molecule has 0 aromatic carbocycles. The summed E-state index contributed by atoms with van der Waals surface area (Å²) in [5.74, 6) is -0.556. The maximum Gasteiger partial charge on any atom is 0.320 e. The van der Waals surface area contributed by atoms with E-state index in [4.69, 9.17) is 10.8 Å². The van der Waals surface area contributed by atoms with Gasteiger partial charge in [-0.05, 0) is 12.3 Å². The molecule has 10 heavy (non-hydrogen) atoms. The van der Waals surface area contributed by atoms with Crippen LogP contribution >= 0.6 is 0 Å². The quantitative estimate of drug-likeness (QED) is 0.644. The second kappa shape index (κ2) is 5.81. The molecule has 0 bridgehead atoms. The van der Waals surface area contributed by atoms with Gasteiger partial charge >= 0.3 is 5.97 Å². The van der Waals surface area contributed by atoms with Crippen LogP contribution in [0.15, 0.2) is 0 Å². The van der Waals surface area contributed by atoms with E-state index in [0.717, 1.165) is 0 Å². The monoisotopic (exact) mass is 195 g/mol. The summed E-state index contributed by atoms with van der Waals surface area (Å²) in [6.45, 7) is 3.89. The normalized spacial score (nSPS) is 12.4. The van der Waals surface area contributed by atoms with Crippen LogP contribution < -0.4 is 5.73 Å². The maximum atomic E-state index is 10.1. The summed E-state index contributed by atoms with van der Waals surface area (Å²) in [5, 5.41) is 8.31. The molecule has 0 saturated carbocycles. The van der Waals surface area contributed by atoms with Crippen LogP contribution in [-0.2, 0) is 24.3 Å². The second-order valence-electron chi connectivity index (χ2n) is 2.57. The van der Waals surface area contributed by atoms with E-state index >= 15 is 0 Å². The van der Waals surface area contributed by atoms with E-state index in [2.05, 4.69) is 0 Å². The third-order valence-electron chi connectivity index (χ3n) is 1.04. The molecule has 0 heterocycles. The van der Waals surface area contributed by atoms with Crippen LogP contribution in [0.2, 0.25) is 0 Å². The molecule has 0 aromatic heterocycles. The van der Waals surface area contributed by atoms with Gasteiger partial charge in [-0.15, -0.1) is 0 Å². The Morgan fingerprint density at radius 3 is 2.10 bits per heavy atom. The number of carbonyl (C=O) groups is 1. The number of hydrogen-bond acceptors (Lipinski definition) is 2. The van der Waals surface area contributed by atoms with Crippen molar-refractivity contribution in [2.45, 2.75) is 26.3 Å². The number of rotatable bonds is 3. The van der Waals surface area contributed by atoms with E-state index in [1.807, 2.05) is 13.8 Å². The standard InChI is InChI=1S/C6H13NO2.Zn/c1-4(2)3-5(7)6(8)9;/h4-5H,3,7H2,1-2H3,(H,8,9);/t5-;/m1./s1. The molecule has 0 fully saturated rings. The Morgan fingerprint density at radius 2 is 2.00 bits per heavy atom. The molecule has 0 amide bonds. The predicted octanol–water partition coefficient (Wildman–Crippen LogP) is 0.442. The molecule has 3 nitrogen and oxygen atoms in total. The Hall–Kier alpha value is 0.0534. The molecule has 0 aliphatic rings. The van der Waals surface area contributed by atoms with Gasteiger partial charge in [0.1, 0.15) is 6.04 Å². The van der Waals surface area contributed by atoms with Crippen molar-refractivity contribution in [1.82, 2.24) is 0 Å². The van der Waals surface area contributed by atoms with E-state index in [9.17, 15) is 4.79 Å². The van der Waals surface area contributed by atoms with Gasteiger partial charge in [-0.2, -0.15) is 0 Å². The van der Waals surface area contributed by atoms with Gasteiger partial charge in [0.15, 0.2) is 0 Å².